The summed E-state index contributed by atoms with van der Waals surface area (Å²) >= 11 is 0. The third-order valence-corrected chi connectivity index (χ3v) is 3.71. The summed E-state index contributed by atoms with van der Waals surface area (Å²) in [6, 6.07) is 3.94. The number of ether oxygens (including phenoxy) is 1. The lowest BCUT2D eigenvalue weighted by Crippen LogP contribution is -2.50. The van der Waals surface area contributed by atoms with Crippen molar-refractivity contribution >= 4 is 5.82 Å². The molecule has 2 saturated heterocycles. The van der Waals surface area contributed by atoms with Gasteiger partial charge in [-0.2, -0.15) is 0 Å². The van der Waals surface area contributed by atoms with Gasteiger partial charge in [0.1, 0.15) is 5.82 Å². The van der Waals surface area contributed by atoms with Gasteiger partial charge in [-0.25, -0.2) is 4.98 Å². The Morgan fingerprint density at radius 1 is 1.44 bits per heavy atom. The highest BCUT2D eigenvalue weighted by molar-refractivity contribution is 5.36. The maximum Gasteiger partial charge on any atom is 0.123 e. The molecule has 0 aliphatic carbocycles. The molecule has 0 aromatic carbocycles. The molecule has 2 aliphatic rings. The van der Waals surface area contributed by atoms with E-state index in [1.54, 1.807) is 0 Å². The molecule has 3 N–H and O–H groups in total. The normalized spacial score (nSPS) is 25.3. The van der Waals surface area contributed by atoms with Gasteiger partial charge in [0.05, 0.1) is 18.4 Å². The van der Waals surface area contributed by atoms with E-state index in [1.807, 2.05) is 6.07 Å². The predicted octanol–water partition coefficient (Wildman–Crippen LogP) is 0.344. The zero-order valence-corrected chi connectivity index (χ0v) is 10.4. The van der Waals surface area contributed by atoms with E-state index in [4.69, 9.17) is 10.5 Å². The van der Waals surface area contributed by atoms with Gasteiger partial charge in [-0.05, 0) is 18.1 Å². The number of aliphatic hydroxyl groups excluding tert-OH is 1. The van der Waals surface area contributed by atoms with Gasteiger partial charge in [-0.3, -0.25) is 4.90 Å². The zero-order chi connectivity index (χ0) is 12.5. The van der Waals surface area contributed by atoms with Crippen molar-refractivity contribution in [2.75, 3.05) is 32.0 Å². The van der Waals surface area contributed by atoms with Gasteiger partial charge < -0.3 is 15.6 Å². The number of hydrogen-bond donors (Lipinski definition) is 2. The third kappa shape index (κ3) is 2.34. The van der Waals surface area contributed by atoms with Crippen molar-refractivity contribution in [1.29, 1.82) is 0 Å². The average Bonchev–Trinajstić information content (AvgIpc) is 2.80. The molecule has 5 heteroatoms. The topological polar surface area (TPSA) is 71.6 Å². The van der Waals surface area contributed by atoms with Crippen molar-refractivity contribution in [3.8, 4) is 0 Å². The van der Waals surface area contributed by atoms with E-state index in [2.05, 4.69) is 16.0 Å². The highest BCUT2D eigenvalue weighted by Crippen LogP contribution is 2.29. The molecular formula is C13H19N3O2. The van der Waals surface area contributed by atoms with Gasteiger partial charge in [0.2, 0.25) is 0 Å². The fraction of sp³-hybridized carbons (Fsp3) is 0.615. The molecule has 1 unspecified atom stereocenters. The molecule has 18 heavy (non-hydrogen) atoms. The van der Waals surface area contributed by atoms with Crippen LogP contribution in [-0.2, 0) is 11.3 Å². The minimum atomic E-state index is -0.177. The molecule has 1 atom stereocenters. The highest BCUT2D eigenvalue weighted by atomic mass is 16.5. The van der Waals surface area contributed by atoms with Gasteiger partial charge in [0, 0.05) is 32.2 Å². The molecule has 1 aromatic heterocycles. The van der Waals surface area contributed by atoms with Crippen LogP contribution in [0.15, 0.2) is 12.1 Å². The van der Waals surface area contributed by atoms with Gasteiger partial charge in [-0.1, -0.05) is 6.07 Å². The monoisotopic (exact) mass is 249 g/mol. The lowest BCUT2D eigenvalue weighted by molar-refractivity contribution is -0.00372. The SMILES string of the molecule is Nc1ccc(C2CCOC2)c(CN2CC(O)C2)n1. The quantitative estimate of drug-likeness (QED) is 0.808. The van der Waals surface area contributed by atoms with Crippen LogP contribution in [0, 0.1) is 0 Å². The van der Waals surface area contributed by atoms with Crippen LogP contribution in [0.4, 0.5) is 5.82 Å². The van der Waals surface area contributed by atoms with E-state index in [9.17, 15) is 5.11 Å². The number of nitrogens with zero attached hydrogens (tertiary/aromatic N) is 2. The molecule has 2 aliphatic heterocycles. The molecule has 3 heterocycles. The Morgan fingerprint density at radius 2 is 2.28 bits per heavy atom. The van der Waals surface area contributed by atoms with Crippen molar-refractivity contribution < 1.29 is 9.84 Å². The maximum atomic E-state index is 9.33. The van der Waals surface area contributed by atoms with Crippen molar-refractivity contribution in [2.24, 2.45) is 0 Å². The summed E-state index contributed by atoms with van der Waals surface area (Å²) in [7, 11) is 0. The Bertz CT molecular complexity index is 426. The van der Waals surface area contributed by atoms with Crippen LogP contribution in [-0.4, -0.2) is 47.4 Å². The fourth-order valence-corrected chi connectivity index (χ4v) is 2.69. The largest absolute Gasteiger partial charge is 0.390 e. The van der Waals surface area contributed by atoms with Crippen LogP contribution < -0.4 is 5.73 Å². The molecule has 98 valence electrons. The van der Waals surface area contributed by atoms with E-state index in [1.165, 1.54) is 5.56 Å². The highest BCUT2D eigenvalue weighted by Gasteiger charge is 2.27. The zero-order valence-electron chi connectivity index (χ0n) is 10.4. The Hall–Kier alpha value is -1.17. The van der Waals surface area contributed by atoms with E-state index in [0.29, 0.717) is 11.7 Å². The van der Waals surface area contributed by atoms with Crippen molar-refractivity contribution in [2.45, 2.75) is 25.0 Å². The molecule has 0 bridgehead atoms. The molecule has 3 rings (SSSR count). The van der Waals surface area contributed by atoms with E-state index in [-0.39, 0.29) is 6.10 Å². The number of rotatable bonds is 3. The minimum Gasteiger partial charge on any atom is -0.390 e. The molecule has 0 saturated carbocycles. The van der Waals surface area contributed by atoms with Crippen LogP contribution in [0.25, 0.3) is 0 Å². The lowest BCUT2D eigenvalue weighted by atomic mass is 9.96. The molecular weight excluding hydrogens is 230 g/mol. The van der Waals surface area contributed by atoms with E-state index in [0.717, 1.165) is 45.0 Å². The van der Waals surface area contributed by atoms with E-state index < -0.39 is 0 Å². The molecule has 2 fully saturated rings. The molecule has 0 spiro atoms. The summed E-state index contributed by atoms with van der Waals surface area (Å²) in [4.78, 5) is 6.65. The van der Waals surface area contributed by atoms with Gasteiger partial charge in [0.25, 0.3) is 0 Å². The Balaban J connectivity index is 1.79. The number of nitrogens with two attached hydrogens (primary N) is 1. The number of nitrogen functional groups attached to an aromatic ring is 1. The summed E-state index contributed by atoms with van der Waals surface area (Å²) in [6.45, 7) is 3.85. The van der Waals surface area contributed by atoms with Gasteiger partial charge in [-0.15, -0.1) is 0 Å². The first kappa shape index (κ1) is 11.9. The second kappa shape index (κ2) is 4.84. The summed E-state index contributed by atoms with van der Waals surface area (Å²) in [5.74, 6) is 1.01. The first-order chi connectivity index (χ1) is 8.72. The number of β-amino-alcohol motifs (C(OH)–C–C–N with tert-alkyl or cyclic N) is 1. The van der Waals surface area contributed by atoms with E-state index >= 15 is 0 Å². The Labute approximate surface area is 107 Å². The van der Waals surface area contributed by atoms with Gasteiger partial charge in [0.15, 0.2) is 0 Å². The number of hydrogen-bond acceptors (Lipinski definition) is 5. The van der Waals surface area contributed by atoms with Crippen molar-refractivity contribution in [3.05, 3.63) is 23.4 Å². The second-order valence-corrected chi connectivity index (χ2v) is 5.18. The maximum absolute atomic E-state index is 9.33. The first-order valence-corrected chi connectivity index (χ1v) is 6.46. The van der Waals surface area contributed by atoms with Gasteiger partial charge >= 0.3 is 0 Å². The average molecular weight is 249 g/mol. The van der Waals surface area contributed by atoms with Crippen LogP contribution in [0.5, 0.6) is 0 Å². The lowest BCUT2D eigenvalue weighted by Gasteiger charge is -2.36. The third-order valence-electron chi connectivity index (χ3n) is 3.71. The second-order valence-electron chi connectivity index (χ2n) is 5.18. The summed E-state index contributed by atoms with van der Waals surface area (Å²) in [5, 5.41) is 9.33. The molecule has 1 aromatic rings. The van der Waals surface area contributed by atoms with Crippen LogP contribution in [0.1, 0.15) is 23.6 Å². The smallest absolute Gasteiger partial charge is 0.123 e. The Morgan fingerprint density at radius 3 is 2.94 bits per heavy atom. The molecule has 5 nitrogen and oxygen atoms in total. The summed E-state index contributed by atoms with van der Waals surface area (Å²) in [6.07, 6.45) is 0.880. The first-order valence-electron chi connectivity index (χ1n) is 6.46. The number of aliphatic hydroxyl groups is 1. The number of aromatic nitrogens is 1. The summed E-state index contributed by atoms with van der Waals surface area (Å²) in [5.41, 5.74) is 8.07. The molecule has 0 amide bonds. The van der Waals surface area contributed by atoms with Crippen LogP contribution in [0.2, 0.25) is 0 Å². The predicted molar refractivity (Wildman–Crippen MR) is 68.1 cm³/mol. The fourth-order valence-electron chi connectivity index (χ4n) is 2.69. The standard InChI is InChI=1S/C13H19N3O2/c14-13-2-1-11(9-3-4-18-8-9)12(15-13)7-16-5-10(17)6-16/h1-2,9-10,17H,3-8H2,(H2,14,15). The van der Waals surface area contributed by atoms with Crippen molar-refractivity contribution in [3.63, 3.8) is 0 Å². The number of pyridine rings is 1. The summed E-state index contributed by atoms with van der Waals surface area (Å²) < 4.78 is 5.45. The Kier molecular flexibility index (Phi) is 3.20. The minimum absolute atomic E-state index is 0.177. The van der Waals surface area contributed by atoms with Crippen molar-refractivity contribution in [1.82, 2.24) is 9.88 Å². The number of likely N-dealkylation sites (tertiary alicyclic amines) is 1. The number of anilines is 1. The molecule has 0 radical (unpaired) electrons. The van der Waals surface area contributed by atoms with Crippen LogP contribution in [0.3, 0.4) is 0 Å². The van der Waals surface area contributed by atoms with Crippen LogP contribution >= 0.6 is 0 Å².